The van der Waals surface area contributed by atoms with E-state index in [1.165, 1.54) is 59.9 Å². The van der Waals surface area contributed by atoms with E-state index in [2.05, 4.69) is 10.1 Å². The number of methoxy groups -OCH3 is 1. The van der Waals surface area contributed by atoms with E-state index in [4.69, 9.17) is 9.47 Å². The normalized spacial score (nSPS) is 18.7. The Bertz CT molecular complexity index is 1140. The Labute approximate surface area is 197 Å². The van der Waals surface area contributed by atoms with Gasteiger partial charge >= 0.3 is 11.9 Å². The number of sulfonamides is 1. The van der Waals surface area contributed by atoms with Crippen molar-refractivity contribution < 1.29 is 37.0 Å². The lowest BCUT2D eigenvalue weighted by Crippen LogP contribution is -2.48. The number of benzene rings is 2. The number of amides is 1. The molecule has 2 aromatic carbocycles. The monoisotopic (exact) mass is 490 g/mol. The minimum Gasteiger partial charge on any atom is -0.465 e. The molecule has 1 aliphatic rings. The molecule has 11 heteroatoms. The van der Waals surface area contributed by atoms with Crippen molar-refractivity contribution in [2.75, 3.05) is 32.1 Å². The van der Waals surface area contributed by atoms with Gasteiger partial charge in [-0.15, -0.1) is 0 Å². The molecule has 2 aromatic rings. The molecule has 0 saturated carbocycles. The molecule has 0 spiro atoms. The number of nitrogens with one attached hydrogen (secondary N) is 1. The summed E-state index contributed by atoms with van der Waals surface area (Å²) in [7, 11) is -2.47. The number of carbonyl (C=O) groups is 3. The first kappa shape index (κ1) is 25.3. The quantitative estimate of drug-likeness (QED) is 0.584. The molecular formula is C23H26N2O8S. The van der Waals surface area contributed by atoms with Gasteiger partial charge in [0.15, 0.2) is 6.61 Å². The summed E-state index contributed by atoms with van der Waals surface area (Å²) in [6, 6.07) is 11.3. The van der Waals surface area contributed by atoms with Crippen molar-refractivity contribution in [3.63, 3.8) is 0 Å². The van der Waals surface area contributed by atoms with Crippen LogP contribution in [0, 0.1) is 0 Å². The van der Waals surface area contributed by atoms with E-state index in [9.17, 15) is 22.8 Å². The Kier molecular flexibility index (Phi) is 8.02. The first-order valence-electron chi connectivity index (χ1n) is 10.5. The number of esters is 2. The van der Waals surface area contributed by atoms with Gasteiger partial charge in [0, 0.05) is 18.8 Å². The van der Waals surface area contributed by atoms with Crippen molar-refractivity contribution in [1.82, 2.24) is 4.31 Å². The summed E-state index contributed by atoms with van der Waals surface area (Å²) >= 11 is 0. The van der Waals surface area contributed by atoms with Crippen molar-refractivity contribution in [2.45, 2.75) is 31.0 Å². The second-order valence-corrected chi connectivity index (χ2v) is 9.73. The van der Waals surface area contributed by atoms with Crippen LogP contribution in [0.25, 0.3) is 0 Å². The maximum Gasteiger partial charge on any atom is 0.338 e. The molecule has 1 fully saturated rings. The molecule has 34 heavy (non-hydrogen) atoms. The molecule has 1 heterocycles. The van der Waals surface area contributed by atoms with Gasteiger partial charge in [-0.3, -0.25) is 4.79 Å². The largest absolute Gasteiger partial charge is 0.465 e. The molecule has 3 rings (SSSR count). The number of rotatable bonds is 7. The van der Waals surface area contributed by atoms with Crippen LogP contribution < -0.4 is 5.32 Å². The minimum absolute atomic E-state index is 0.0542. The van der Waals surface area contributed by atoms with E-state index in [-0.39, 0.29) is 35.8 Å². The molecule has 182 valence electrons. The maximum atomic E-state index is 12.9. The zero-order chi connectivity index (χ0) is 24.9. The second-order valence-electron chi connectivity index (χ2n) is 7.80. The highest BCUT2D eigenvalue weighted by molar-refractivity contribution is 7.89. The van der Waals surface area contributed by atoms with Crippen LogP contribution in [-0.4, -0.2) is 69.6 Å². The highest BCUT2D eigenvalue weighted by atomic mass is 32.2. The number of carbonyl (C=O) groups excluding carboxylic acids is 3. The van der Waals surface area contributed by atoms with Crippen LogP contribution in [0.3, 0.4) is 0 Å². The van der Waals surface area contributed by atoms with Gasteiger partial charge in [0.1, 0.15) is 0 Å². The van der Waals surface area contributed by atoms with E-state index >= 15 is 0 Å². The Morgan fingerprint density at radius 3 is 2.03 bits per heavy atom. The molecule has 2 unspecified atom stereocenters. The van der Waals surface area contributed by atoms with Crippen molar-refractivity contribution in [2.24, 2.45) is 0 Å². The Hall–Kier alpha value is -3.28. The van der Waals surface area contributed by atoms with E-state index in [0.29, 0.717) is 11.3 Å². The summed E-state index contributed by atoms with van der Waals surface area (Å²) in [6.07, 6.45) is -0.436. The van der Waals surface area contributed by atoms with Crippen LogP contribution in [-0.2, 0) is 29.0 Å². The summed E-state index contributed by atoms with van der Waals surface area (Å²) in [5, 5.41) is 2.54. The summed E-state index contributed by atoms with van der Waals surface area (Å²) in [6.45, 7) is 3.57. The predicted octanol–water partition coefficient (Wildman–Crippen LogP) is 2.07. The highest BCUT2D eigenvalue weighted by Gasteiger charge is 2.32. The molecule has 1 saturated heterocycles. The zero-order valence-corrected chi connectivity index (χ0v) is 19.8. The topological polar surface area (TPSA) is 128 Å². The lowest BCUT2D eigenvalue weighted by molar-refractivity contribution is -0.119. The molecule has 1 amide bonds. The van der Waals surface area contributed by atoms with Crippen molar-refractivity contribution >= 4 is 33.6 Å². The van der Waals surface area contributed by atoms with E-state index < -0.39 is 34.5 Å². The number of hydrogen-bond acceptors (Lipinski definition) is 8. The average Bonchev–Trinajstić information content (AvgIpc) is 2.82. The molecule has 0 aliphatic carbocycles. The second kappa shape index (κ2) is 10.8. The summed E-state index contributed by atoms with van der Waals surface area (Å²) in [4.78, 5) is 35.8. The molecule has 0 bridgehead atoms. The maximum absolute atomic E-state index is 12.9. The van der Waals surface area contributed by atoms with E-state index in [1.807, 2.05) is 13.8 Å². The van der Waals surface area contributed by atoms with Gasteiger partial charge in [-0.25, -0.2) is 18.0 Å². The van der Waals surface area contributed by atoms with Gasteiger partial charge < -0.3 is 19.5 Å². The third-order valence-electron chi connectivity index (χ3n) is 5.04. The summed E-state index contributed by atoms with van der Waals surface area (Å²) in [5.41, 5.74) is 0.850. The minimum atomic E-state index is -3.73. The van der Waals surface area contributed by atoms with Gasteiger partial charge in [0.2, 0.25) is 10.0 Å². The lowest BCUT2D eigenvalue weighted by Gasteiger charge is -2.34. The Morgan fingerprint density at radius 1 is 0.941 bits per heavy atom. The molecule has 10 nitrogen and oxygen atoms in total. The van der Waals surface area contributed by atoms with Crippen molar-refractivity contribution in [1.29, 1.82) is 0 Å². The number of anilines is 1. The number of ether oxygens (including phenoxy) is 3. The molecule has 0 radical (unpaired) electrons. The predicted molar refractivity (Wildman–Crippen MR) is 122 cm³/mol. The van der Waals surface area contributed by atoms with Gasteiger partial charge in [0.05, 0.1) is 35.3 Å². The third kappa shape index (κ3) is 6.19. The van der Waals surface area contributed by atoms with Crippen LogP contribution in [0.1, 0.15) is 34.6 Å². The SMILES string of the molecule is COC(=O)c1ccc(NC(=O)COC(=O)c2ccc(S(=O)(=O)N3CC(C)OC(C)C3)cc2)cc1. The average molecular weight is 491 g/mol. The van der Waals surface area contributed by atoms with Crippen LogP contribution in [0.2, 0.25) is 0 Å². The first-order chi connectivity index (χ1) is 16.1. The standard InChI is InChI=1S/C23H26N2O8S/c1-15-12-25(13-16(2)33-15)34(29,30)20-10-6-18(7-11-20)23(28)32-14-21(26)24-19-8-4-17(5-9-19)22(27)31-3/h4-11,15-16H,12-14H2,1-3H3,(H,24,26). The zero-order valence-electron chi connectivity index (χ0n) is 19.0. The fourth-order valence-corrected chi connectivity index (χ4v) is 5.05. The number of nitrogens with zero attached hydrogens (tertiary/aromatic N) is 1. The molecular weight excluding hydrogens is 464 g/mol. The molecule has 1 aliphatic heterocycles. The van der Waals surface area contributed by atoms with Gasteiger partial charge in [-0.05, 0) is 62.4 Å². The molecule has 2 atom stereocenters. The Morgan fingerprint density at radius 2 is 1.47 bits per heavy atom. The van der Waals surface area contributed by atoms with Crippen molar-refractivity contribution in [3.05, 3.63) is 59.7 Å². The number of hydrogen-bond donors (Lipinski definition) is 1. The van der Waals surface area contributed by atoms with Crippen LogP contribution in [0.4, 0.5) is 5.69 Å². The van der Waals surface area contributed by atoms with Crippen LogP contribution >= 0.6 is 0 Å². The van der Waals surface area contributed by atoms with Crippen LogP contribution in [0.15, 0.2) is 53.4 Å². The van der Waals surface area contributed by atoms with E-state index in [0.717, 1.165) is 0 Å². The van der Waals surface area contributed by atoms with Crippen LogP contribution in [0.5, 0.6) is 0 Å². The van der Waals surface area contributed by atoms with Crippen molar-refractivity contribution in [3.8, 4) is 0 Å². The first-order valence-corrected chi connectivity index (χ1v) is 11.9. The van der Waals surface area contributed by atoms with Gasteiger partial charge in [-0.2, -0.15) is 4.31 Å². The number of morpholine rings is 1. The lowest BCUT2D eigenvalue weighted by atomic mass is 10.2. The van der Waals surface area contributed by atoms with Gasteiger partial charge in [-0.1, -0.05) is 0 Å². The summed E-state index contributed by atoms with van der Waals surface area (Å²) in [5.74, 6) is -1.85. The summed E-state index contributed by atoms with van der Waals surface area (Å²) < 4.78 is 42.4. The smallest absolute Gasteiger partial charge is 0.338 e. The highest BCUT2D eigenvalue weighted by Crippen LogP contribution is 2.21. The molecule has 0 aromatic heterocycles. The Balaban J connectivity index is 1.55. The molecule has 1 N–H and O–H groups in total. The fourth-order valence-electron chi connectivity index (χ4n) is 3.46. The van der Waals surface area contributed by atoms with Gasteiger partial charge in [0.25, 0.3) is 5.91 Å². The third-order valence-corrected chi connectivity index (χ3v) is 6.88. The fraction of sp³-hybridized carbons (Fsp3) is 0.348. The van der Waals surface area contributed by atoms with E-state index in [1.54, 1.807) is 0 Å².